The summed E-state index contributed by atoms with van der Waals surface area (Å²) < 4.78 is 4.91. The third-order valence-corrected chi connectivity index (χ3v) is 2.79. The van der Waals surface area contributed by atoms with Crippen LogP contribution >= 0.6 is 0 Å². The van der Waals surface area contributed by atoms with Gasteiger partial charge in [-0.1, -0.05) is 6.07 Å². The Morgan fingerprint density at radius 1 is 1.30 bits per heavy atom. The van der Waals surface area contributed by atoms with Crippen molar-refractivity contribution in [2.75, 3.05) is 25.6 Å². The Balaban J connectivity index is 2.46. The molecule has 0 spiro atoms. The highest BCUT2D eigenvalue weighted by Crippen LogP contribution is 2.15. The number of aryl methyl sites for hydroxylation is 1. The van der Waals surface area contributed by atoms with E-state index in [2.05, 4.69) is 10.6 Å². The van der Waals surface area contributed by atoms with Crippen LogP contribution in [0.2, 0.25) is 0 Å². The quantitative estimate of drug-likeness (QED) is 0.668. The van der Waals surface area contributed by atoms with Crippen molar-refractivity contribution in [3.63, 3.8) is 0 Å². The van der Waals surface area contributed by atoms with Crippen LogP contribution in [0, 0.1) is 6.92 Å². The highest BCUT2D eigenvalue weighted by molar-refractivity contribution is 5.94. The highest BCUT2D eigenvalue weighted by Gasteiger charge is 2.09. The summed E-state index contributed by atoms with van der Waals surface area (Å²) >= 11 is 0. The first-order valence-electron chi connectivity index (χ1n) is 6.42. The number of carboxylic acids is 1. The number of methoxy groups -OCH3 is 1. The molecule has 0 aliphatic heterocycles. The first-order valence-corrected chi connectivity index (χ1v) is 6.42. The van der Waals surface area contributed by atoms with Crippen LogP contribution in [0.5, 0.6) is 0 Å². The van der Waals surface area contributed by atoms with E-state index in [1.807, 2.05) is 0 Å². The zero-order chi connectivity index (χ0) is 15.0. The van der Waals surface area contributed by atoms with E-state index in [1.54, 1.807) is 26.2 Å². The molecular formula is C14H20N2O4. The zero-order valence-corrected chi connectivity index (χ0v) is 11.7. The predicted molar refractivity (Wildman–Crippen MR) is 76.3 cm³/mol. The number of carbonyl (C=O) groups is 2. The number of unbranched alkanes of at least 4 members (excludes halogenated alkanes) is 1. The second kappa shape index (κ2) is 8.16. The number of nitrogens with one attached hydrogen (secondary N) is 2. The average Bonchev–Trinajstić information content (AvgIpc) is 2.40. The summed E-state index contributed by atoms with van der Waals surface area (Å²) in [6.07, 6.45) is 1.71. The lowest BCUT2D eigenvalue weighted by Crippen LogP contribution is -2.29. The van der Waals surface area contributed by atoms with Crippen molar-refractivity contribution < 1.29 is 19.4 Å². The van der Waals surface area contributed by atoms with Crippen molar-refractivity contribution in [1.29, 1.82) is 0 Å². The lowest BCUT2D eigenvalue weighted by molar-refractivity contribution is 0.0696. The van der Waals surface area contributed by atoms with Gasteiger partial charge in [0.25, 0.3) is 0 Å². The largest absolute Gasteiger partial charge is 0.478 e. The van der Waals surface area contributed by atoms with E-state index < -0.39 is 5.97 Å². The van der Waals surface area contributed by atoms with Gasteiger partial charge >= 0.3 is 12.0 Å². The Labute approximate surface area is 118 Å². The number of amides is 2. The molecule has 110 valence electrons. The van der Waals surface area contributed by atoms with Gasteiger partial charge in [0, 0.05) is 25.9 Å². The average molecular weight is 280 g/mol. The molecule has 20 heavy (non-hydrogen) atoms. The summed E-state index contributed by atoms with van der Waals surface area (Å²) in [4.78, 5) is 22.6. The number of carboxylic acid groups (broad SMARTS) is 1. The van der Waals surface area contributed by atoms with E-state index in [0.717, 1.165) is 12.8 Å². The van der Waals surface area contributed by atoms with Gasteiger partial charge in [-0.05, 0) is 37.5 Å². The molecule has 6 heteroatoms. The van der Waals surface area contributed by atoms with Crippen LogP contribution in [-0.4, -0.2) is 37.4 Å². The fourth-order valence-electron chi connectivity index (χ4n) is 1.68. The number of rotatable bonds is 7. The molecule has 3 N–H and O–H groups in total. The van der Waals surface area contributed by atoms with Crippen LogP contribution in [0.25, 0.3) is 0 Å². The van der Waals surface area contributed by atoms with Crippen LogP contribution in [-0.2, 0) is 4.74 Å². The third-order valence-electron chi connectivity index (χ3n) is 2.79. The summed E-state index contributed by atoms with van der Waals surface area (Å²) in [6, 6.07) is 4.44. The number of anilines is 1. The smallest absolute Gasteiger partial charge is 0.336 e. The molecule has 0 aromatic heterocycles. The van der Waals surface area contributed by atoms with Crippen LogP contribution in [0.4, 0.5) is 10.5 Å². The minimum absolute atomic E-state index is 0.183. The summed E-state index contributed by atoms with van der Waals surface area (Å²) in [5.74, 6) is -1.01. The Morgan fingerprint density at radius 3 is 2.70 bits per heavy atom. The number of urea groups is 1. The Kier molecular flexibility index (Phi) is 6.52. The second-order valence-electron chi connectivity index (χ2n) is 4.42. The van der Waals surface area contributed by atoms with Crippen molar-refractivity contribution in [3.8, 4) is 0 Å². The number of hydrogen-bond donors (Lipinski definition) is 3. The van der Waals surface area contributed by atoms with E-state index in [4.69, 9.17) is 9.84 Å². The molecule has 6 nitrogen and oxygen atoms in total. The van der Waals surface area contributed by atoms with Crippen LogP contribution < -0.4 is 10.6 Å². The fourth-order valence-corrected chi connectivity index (χ4v) is 1.68. The lowest BCUT2D eigenvalue weighted by Gasteiger charge is -2.09. The van der Waals surface area contributed by atoms with Gasteiger partial charge in [-0.3, -0.25) is 0 Å². The molecule has 0 fully saturated rings. The van der Waals surface area contributed by atoms with E-state index in [9.17, 15) is 9.59 Å². The maximum Gasteiger partial charge on any atom is 0.336 e. The van der Waals surface area contributed by atoms with Gasteiger partial charge in [0.05, 0.1) is 5.56 Å². The molecule has 1 aromatic rings. The van der Waals surface area contributed by atoms with Crippen molar-refractivity contribution in [3.05, 3.63) is 29.3 Å². The monoisotopic (exact) mass is 280 g/mol. The molecule has 2 amide bonds. The summed E-state index contributed by atoms with van der Waals surface area (Å²) in [5.41, 5.74) is 1.30. The topological polar surface area (TPSA) is 87.7 Å². The standard InChI is InChI=1S/C14H20N2O4/c1-10-5-6-11(9-12(10)13(17)18)16-14(19)15-7-3-4-8-20-2/h5-6,9H,3-4,7-8H2,1-2H3,(H,17,18)(H2,15,16,19). The van der Waals surface area contributed by atoms with Crippen molar-refractivity contribution in [2.24, 2.45) is 0 Å². The van der Waals surface area contributed by atoms with Gasteiger partial charge < -0.3 is 20.5 Å². The molecule has 0 saturated heterocycles. The van der Waals surface area contributed by atoms with E-state index in [-0.39, 0.29) is 11.6 Å². The molecule has 0 radical (unpaired) electrons. The van der Waals surface area contributed by atoms with Crippen LogP contribution in [0.3, 0.4) is 0 Å². The van der Waals surface area contributed by atoms with Crippen LogP contribution in [0.1, 0.15) is 28.8 Å². The van der Waals surface area contributed by atoms with E-state index in [0.29, 0.717) is 24.4 Å². The predicted octanol–water partition coefficient (Wildman–Crippen LogP) is 2.24. The van der Waals surface area contributed by atoms with Gasteiger partial charge in [0.1, 0.15) is 0 Å². The Bertz CT molecular complexity index is 474. The number of ether oxygens (including phenoxy) is 1. The fraction of sp³-hybridized carbons (Fsp3) is 0.429. The van der Waals surface area contributed by atoms with Crippen molar-refractivity contribution in [2.45, 2.75) is 19.8 Å². The van der Waals surface area contributed by atoms with Gasteiger partial charge in [-0.25, -0.2) is 9.59 Å². The number of benzene rings is 1. The number of carbonyl (C=O) groups excluding carboxylic acids is 1. The van der Waals surface area contributed by atoms with E-state index in [1.165, 1.54) is 6.07 Å². The first-order chi connectivity index (χ1) is 9.54. The summed E-state index contributed by atoms with van der Waals surface area (Å²) in [5, 5.41) is 14.3. The SMILES string of the molecule is COCCCCNC(=O)Nc1ccc(C)c(C(=O)O)c1. The maximum absolute atomic E-state index is 11.6. The first kappa shape index (κ1) is 16.0. The van der Waals surface area contributed by atoms with Crippen LogP contribution in [0.15, 0.2) is 18.2 Å². The molecule has 0 bridgehead atoms. The maximum atomic E-state index is 11.6. The van der Waals surface area contributed by atoms with Crippen molar-refractivity contribution >= 4 is 17.7 Å². The molecule has 0 aliphatic carbocycles. The normalized spacial score (nSPS) is 10.1. The molecule has 0 saturated carbocycles. The van der Waals surface area contributed by atoms with Gasteiger partial charge in [-0.2, -0.15) is 0 Å². The zero-order valence-electron chi connectivity index (χ0n) is 11.7. The minimum atomic E-state index is -1.01. The summed E-state index contributed by atoms with van der Waals surface area (Å²) in [6.45, 7) is 2.93. The molecule has 1 aromatic carbocycles. The highest BCUT2D eigenvalue weighted by atomic mass is 16.5. The third kappa shape index (κ3) is 5.27. The molecule has 0 unspecified atom stereocenters. The minimum Gasteiger partial charge on any atom is -0.478 e. The summed E-state index contributed by atoms with van der Waals surface area (Å²) in [7, 11) is 1.64. The number of hydrogen-bond acceptors (Lipinski definition) is 3. The van der Waals surface area contributed by atoms with Gasteiger partial charge in [0.2, 0.25) is 0 Å². The van der Waals surface area contributed by atoms with Crippen molar-refractivity contribution in [1.82, 2.24) is 5.32 Å². The Morgan fingerprint density at radius 2 is 2.05 bits per heavy atom. The molecule has 1 rings (SSSR count). The molecule has 0 atom stereocenters. The van der Waals surface area contributed by atoms with E-state index >= 15 is 0 Å². The molecule has 0 aliphatic rings. The Hall–Kier alpha value is -2.08. The lowest BCUT2D eigenvalue weighted by atomic mass is 10.1. The second-order valence-corrected chi connectivity index (χ2v) is 4.42. The van der Waals surface area contributed by atoms with Gasteiger partial charge in [-0.15, -0.1) is 0 Å². The van der Waals surface area contributed by atoms with Gasteiger partial charge in [0.15, 0.2) is 0 Å². The molecule has 0 heterocycles. The number of aromatic carboxylic acids is 1. The molecular weight excluding hydrogens is 260 g/mol.